The van der Waals surface area contributed by atoms with Gasteiger partial charge in [0.05, 0.1) is 6.61 Å². The van der Waals surface area contributed by atoms with E-state index in [0.29, 0.717) is 5.56 Å². The van der Waals surface area contributed by atoms with Gasteiger partial charge in [0.2, 0.25) is 5.72 Å². The van der Waals surface area contributed by atoms with Gasteiger partial charge < -0.3 is 30.5 Å². The molecule has 4 rings (SSSR count). The number of hydrogen-bond donors (Lipinski definition) is 5. The lowest BCUT2D eigenvalue weighted by atomic mass is 10.0. The molecule has 3 heterocycles. The van der Waals surface area contributed by atoms with Crippen LogP contribution in [0.4, 0.5) is 5.82 Å². The number of imidazole rings is 1. The summed E-state index contributed by atoms with van der Waals surface area (Å²) in [7, 11) is -4.84. The summed E-state index contributed by atoms with van der Waals surface area (Å²) in [6, 6.07) is 8.82. The maximum atomic E-state index is 11.1. The fraction of sp³-hybridized carbons (Fsp3) is 0.278. The van der Waals surface area contributed by atoms with Gasteiger partial charge in [-0.1, -0.05) is 24.1 Å². The predicted molar refractivity (Wildman–Crippen MR) is 106 cm³/mol. The molecule has 3 aromatic rings. The molecule has 6 N–H and O–H groups in total. The van der Waals surface area contributed by atoms with Crippen molar-refractivity contribution in [2.24, 2.45) is 0 Å². The summed E-state index contributed by atoms with van der Waals surface area (Å²) in [5.74, 6) is 5.79. The van der Waals surface area contributed by atoms with Crippen molar-refractivity contribution in [3.05, 3.63) is 48.5 Å². The van der Waals surface area contributed by atoms with Crippen molar-refractivity contribution in [3.63, 3.8) is 0 Å². The molecular weight excluding hydrogens is 429 g/mol. The van der Waals surface area contributed by atoms with Crippen LogP contribution in [0.15, 0.2) is 43.0 Å². The summed E-state index contributed by atoms with van der Waals surface area (Å²) in [6.07, 6.45) is -2.09. The van der Waals surface area contributed by atoms with Crippen LogP contribution in [0.25, 0.3) is 11.2 Å². The molecule has 1 fully saturated rings. The number of aromatic nitrogens is 4. The molecule has 0 radical (unpaired) electrons. The number of aliphatic hydroxyl groups is 2. The second-order valence-electron chi connectivity index (χ2n) is 6.74. The van der Waals surface area contributed by atoms with E-state index >= 15 is 0 Å². The third-order valence-electron chi connectivity index (χ3n) is 4.72. The van der Waals surface area contributed by atoms with Crippen molar-refractivity contribution in [2.45, 2.75) is 24.0 Å². The van der Waals surface area contributed by atoms with Gasteiger partial charge in [-0.25, -0.2) is 19.5 Å². The molecule has 2 aromatic heterocycles. The third kappa shape index (κ3) is 4.04. The van der Waals surface area contributed by atoms with Crippen molar-refractivity contribution >= 4 is 24.8 Å². The van der Waals surface area contributed by atoms with Gasteiger partial charge in [0.1, 0.15) is 36.5 Å². The zero-order chi connectivity index (χ0) is 22.2. The zero-order valence-electron chi connectivity index (χ0n) is 15.8. The molecule has 1 aliphatic rings. The Labute approximate surface area is 175 Å². The summed E-state index contributed by atoms with van der Waals surface area (Å²) in [5, 5.41) is 21.5. The first-order valence-electron chi connectivity index (χ1n) is 8.97. The highest BCUT2D eigenvalue weighted by molar-refractivity contribution is 7.46. The molecule has 0 aliphatic carbocycles. The maximum Gasteiger partial charge on any atom is 0.469 e. The van der Waals surface area contributed by atoms with Gasteiger partial charge >= 0.3 is 7.82 Å². The molecule has 0 unspecified atom stereocenters. The molecule has 4 atom stereocenters. The molecular formula is C18H18N5O7P. The third-order valence-corrected chi connectivity index (χ3v) is 5.21. The van der Waals surface area contributed by atoms with Crippen molar-refractivity contribution in [2.75, 3.05) is 12.3 Å². The van der Waals surface area contributed by atoms with E-state index in [-0.39, 0.29) is 17.0 Å². The minimum Gasteiger partial charge on any atom is -0.387 e. The SMILES string of the molecule is Nc1ncnc2c1ncn2[C@]1(C#Cc2ccccc2)O[C@H](COP(=O)(O)O)[C@@H](O)[C@H]1O. The summed E-state index contributed by atoms with van der Waals surface area (Å²) in [6.45, 7) is -0.693. The van der Waals surface area contributed by atoms with Crippen LogP contribution in [0.1, 0.15) is 5.56 Å². The Morgan fingerprint density at radius 2 is 1.97 bits per heavy atom. The Kier molecular flexibility index (Phi) is 5.50. The highest BCUT2D eigenvalue weighted by Crippen LogP contribution is 2.41. The Morgan fingerprint density at radius 1 is 1.23 bits per heavy atom. The lowest BCUT2D eigenvalue weighted by Gasteiger charge is -2.28. The number of anilines is 1. The van der Waals surface area contributed by atoms with Gasteiger partial charge in [-0.15, -0.1) is 0 Å². The molecule has 1 saturated heterocycles. The number of benzene rings is 1. The molecule has 31 heavy (non-hydrogen) atoms. The first-order valence-corrected chi connectivity index (χ1v) is 10.5. The van der Waals surface area contributed by atoms with Crippen LogP contribution >= 0.6 is 7.82 Å². The number of nitrogens with zero attached hydrogens (tertiary/aromatic N) is 4. The van der Waals surface area contributed by atoms with Gasteiger partial charge in [-0.2, -0.15) is 0 Å². The predicted octanol–water partition coefficient (Wildman–Crippen LogP) is -0.657. The largest absolute Gasteiger partial charge is 0.469 e. The van der Waals surface area contributed by atoms with Crippen molar-refractivity contribution in [1.82, 2.24) is 19.5 Å². The molecule has 1 aromatic carbocycles. The molecule has 12 nitrogen and oxygen atoms in total. The molecule has 0 bridgehead atoms. The number of phosphoric acid groups is 1. The van der Waals surface area contributed by atoms with E-state index in [1.807, 2.05) is 6.07 Å². The normalized spacial score (nSPS) is 26.0. The number of aliphatic hydroxyl groups excluding tert-OH is 2. The lowest BCUT2D eigenvalue weighted by molar-refractivity contribution is -0.102. The first-order chi connectivity index (χ1) is 14.7. The van der Waals surface area contributed by atoms with E-state index in [1.165, 1.54) is 17.2 Å². The summed E-state index contributed by atoms with van der Waals surface area (Å²) in [5.41, 5.74) is 4.93. The second-order valence-corrected chi connectivity index (χ2v) is 7.98. The number of hydrogen-bond acceptors (Lipinski definition) is 9. The van der Waals surface area contributed by atoms with Crippen LogP contribution in [-0.4, -0.2) is 64.4 Å². The fourth-order valence-electron chi connectivity index (χ4n) is 3.25. The van der Waals surface area contributed by atoms with E-state index in [4.69, 9.17) is 20.3 Å². The number of fused-ring (bicyclic) bond motifs is 1. The van der Waals surface area contributed by atoms with E-state index < -0.39 is 38.5 Å². The standard InChI is InChI=1S/C18H18N5O7P/c19-16-13-17(21-9-20-16)23(10-22-13)18(7-6-11-4-2-1-3-5-11)15(25)14(24)12(30-18)8-29-31(26,27)28/h1-5,9-10,12,14-15,24-25H,8H2,(H2,19,20,21)(H2,26,27,28)/t12-,14-,15-,18-/m1/s1. The molecule has 13 heteroatoms. The van der Waals surface area contributed by atoms with Crippen LogP contribution < -0.4 is 5.73 Å². The van der Waals surface area contributed by atoms with Crippen molar-refractivity contribution < 1.29 is 33.8 Å². The zero-order valence-corrected chi connectivity index (χ0v) is 16.7. The Bertz CT molecular complexity index is 1200. The van der Waals surface area contributed by atoms with E-state index in [2.05, 4.69) is 31.3 Å². The van der Waals surface area contributed by atoms with Crippen LogP contribution in [0.5, 0.6) is 0 Å². The van der Waals surface area contributed by atoms with E-state index in [1.54, 1.807) is 24.3 Å². The Hall–Kier alpha value is -2.88. The minimum atomic E-state index is -4.84. The molecule has 162 valence electrons. The van der Waals surface area contributed by atoms with Crippen LogP contribution in [0.3, 0.4) is 0 Å². The van der Waals surface area contributed by atoms with Crippen LogP contribution in [-0.2, 0) is 19.6 Å². The number of rotatable bonds is 4. The maximum absolute atomic E-state index is 11.1. The smallest absolute Gasteiger partial charge is 0.387 e. The average Bonchev–Trinajstić information content (AvgIpc) is 3.28. The van der Waals surface area contributed by atoms with Crippen LogP contribution in [0, 0.1) is 11.8 Å². The molecule has 0 spiro atoms. The molecule has 1 aliphatic heterocycles. The highest BCUT2D eigenvalue weighted by atomic mass is 31.2. The van der Waals surface area contributed by atoms with Gasteiger partial charge in [-0.05, 0) is 18.1 Å². The van der Waals surface area contributed by atoms with Gasteiger partial charge in [0.25, 0.3) is 0 Å². The Balaban J connectivity index is 1.83. The summed E-state index contributed by atoms with van der Waals surface area (Å²) >= 11 is 0. The number of phosphoric ester groups is 1. The average molecular weight is 447 g/mol. The quantitative estimate of drug-likeness (QED) is 0.252. The first kappa shape index (κ1) is 21.4. The topological polar surface area (TPSA) is 186 Å². The van der Waals surface area contributed by atoms with Gasteiger partial charge in [-0.3, -0.25) is 9.09 Å². The van der Waals surface area contributed by atoms with Crippen molar-refractivity contribution in [3.8, 4) is 11.8 Å². The van der Waals surface area contributed by atoms with Crippen LogP contribution in [0.2, 0.25) is 0 Å². The van der Waals surface area contributed by atoms with E-state index in [9.17, 15) is 14.8 Å². The number of ether oxygens (including phenoxy) is 1. The number of nitrogens with two attached hydrogens (primary N) is 1. The highest BCUT2D eigenvalue weighted by Gasteiger charge is 2.56. The summed E-state index contributed by atoms with van der Waals surface area (Å²) < 4.78 is 22.7. The fourth-order valence-corrected chi connectivity index (χ4v) is 3.59. The van der Waals surface area contributed by atoms with Gasteiger partial charge in [0.15, 0.2) is 11.5 Å². The minimum absolute atomic E-state index is 0.0873. The van der Waals surface area contributed by atoms with E-state index in [0.717, 1.165) is 0 Å². The van der Waals surface area contributed by atoms with Crippen molar-refractivity contribution in [1.29, 1.82) is 0 Å². The van der Waals surface area contributed by atoms with Gasteiger partial charge in [0, 0.05) is 5.56 Å². The monoisotopic (exact) mass is 447 g/mol. The molecule has 0 amide bonds. The molecule has 0 saturated carbocycles. The summed E-state index contributed by atoms with van der Waals surface area (Å²) in [4.78, 5) is 30.1. The lowest BCUT2D eigenvalue weighted by Crippen LogP contribution is -2.44. The Morgan fingerprint density at radius 3 is 2.68 bits per heavy atom. The second kappa shape index (κ2) is 7.99. The number of nitrogen functional groups attached to an aromatic ring is 1.